The van der Waals surface area contributed by atoms with E-state index in [-0.39, 0.29) is 11.8 Å². The van der Waals surface area contributed by atoms with Gasteiger partial charge in [0, 0.05) is 38.7 Å². The van der Waals surface area contributed by atoms with Crippen LogP contribution < -0.4 is 10.2 Å². The first-order valence-corrected chi connectivity index (χ1v) is 8.37. The van der Waals surface area contributed by atoms with Crippen LogP contribution in [0.15, 0.2) is 42.6 Å². The number of aromatic nitrogens is 1. The monoisotopic (exact) mass is 338 g/mol. The minimum absolute atomic E-state index is 0.113. The summed E-state index contributed by atoms with van der Waals surface area (Å²) < 4.78 is 0. The Morgan fingerprint density at radius 3 is 2.24 bits per heavy atom. The van der Waals surface area contributed by atoms with Gasteiger partial charge in [-0.15, -0.1) is 0 Å². The van der Waals surface area contributed by atoms with Gasteiger partial charge >= 0.3 is 0 Å². The molecule has 1 aromatic heterocycles. The average molecular weight is 338 g/mol. The molecule has 1 aliphatic heterocycles. The maximum atomic E-state index is 12.2. The van der Waals surface area contributed by atoms with E-state index in [4.69, 9.17) is 0 Å². The fourth-order valence-corrected chi connectivity index (χ4v) is 2.81. The number of nitrogens with zero attached hydrogens (tertiary/aromatic N) is 3. The quantitative estimate of drug-likeness (QED) is 0.933. The Morgan fingerprint density at radius 1 is 1.00 bits per heavy atom. The largest absolute Gasteiger partial charge is 0.353 e. The van der Waals surface area contributed by atoms with Crippen LogP contribution in [-0.4, -0.2) is 47.9 Å². The number of amides is 2. The molecule has 1 fully saturated rings. The molecule has 0 unspecified atom stereocenters. The van der Waals surface area contributed by atoms with Crippen LogP contribution in [-0.2, 0) is 4.79 Å². The van der Waals surface area contributed by atoms with Crippen LogP contribution >= 0.6 is 0 Å². The fraction of sp³-hybridized carbons (Fsp3) is 0.316. The van der Waals surface area contributed by atoms with Crippen molar-refractivity contribution >= 4 is 23.3 Å². The molecule has 6 heteroatoms. The van der Waals surface area contributed by atoms with Gasteiger partial charge in [0.2, 0.25) is 5.91 Å². The van der Waals surface area contributed by atoms with Crippen molar-refractivity contribution in [2.45, 2.75) is 13.8 Å². The summed E-state index contributed by atoms with van der Waals surface area (Å²) in [7, 11) is 0. The maximum Gasteiger partial charge on any atom is 0.255 e. The van der Waals surface area contributed by atoms with Crippen molar-refractivity contribution in [1.29, 1.82) is 0 Å². The summed E-state index contributed by atoms with van der Waals surface area (Å²) in [6, 6.07) is 11.2. The summed E-state index contributed by atoms with van der Waals surface area (Å²) >= 11 is 0. The van der Waals surface area contributed by atoms with Gasteiger partial charge in [-0.1, -0.05) is 17.7 Å². The normalized spacial score (nSPS) is 14.3. The molecule has 1 aromatic carbocycles. The number of nitrogens with one attached hydrogen (secondary N) is 1. The Hall–Kier alpha value is -2.89. The zero-order valence-corrected chi connectivity index (χ0v) is 14.5. The number of benzene rings is 1. The van der Waals surface area contributed by atoms with E-state index in [1.807, 2.05) is 36.1 Å². The highest BCUT2D eigenvalue weighted by Crippen LogP contribution is 2.17. The molecule has 1 saturated heterocycles. The highest BCUT2D eigenvalue weighted by Gasteiger charge is 2.19. The van der Waals surface area contributed by atoms with Crippen molar-refractivity contribution in [2.24, 2.45) is 0 Å². The molecule has 2 amide bonds. The van der Waals surface area contributed by atoms with E-state index in [0.717, 1.165) is 24.5 Å². The van der Waals surface area contributed by atoms with Crippen LogP contribution in [0.25, 0.3) is 0 Å². The molecule has 1 aliphatic rings. The van der Waals surface area contributed by atoms with E-state index in [2.05, 4.69) is 15.2 Å². The molecule has 0 bridgehead atoms. The molecule has 1 N–H and O–H groups in total. The van der Waals surface area contributed by atoms with Crippen LogP contribution in [0.3, 0.4) is 0 Å². The second-order valence-electron chi connectivity index (χ2n) is 6.22. The third-order valence-electron chi connectivity index (χ3n) is 4.37. The molecule has 2 aromatic rings. The summed E-state index contributed by atoms with van der Waals surface area (Å²) in [6.07, 6.45) is 1.67. The number of hydrogen-bond acceptors (Lipinski definition) is 4. The van der Waals surface area contributed by atoms with Gasteiger partial charge in [0.25, 0.3) is 5.91 Å². The summed E-state index contributed by atoms with van der Waals surface area (Å²) in [5.41, 5.74) is 2.40. The van der Waals surface area contributed by atoms with Crippen LogP contribution in [0.4, 0.5) is 11.5 Å². The predicted molar refractivity (Wildman–Crippen MR) is 97.8 cm³/mol. The number of hydrogen-bond donors (Lipinski definition) is 1. The van der Waals surface area contributed by atoms with Gasteiger partial charge in [-0.25, -0.2) is 4.98 Å². The van der Waals surface area contributed by atoms with Gasteiger partial charge in [-0.2, -0.15) is 0 Å². The first-order valence-electron chi connectivity index (χ1n) is 8.37. The van der Waals surface area contributed by atoms with Crippen molar-refractivity contribution < 1.29 is 9.59 Å². The molecule has 130 valence electrons. The van der Waals surface area contributed by atoms with E-state index in [9.17, 15) is 9.59 Å². The van der Waals surface area contributed by atoms with Gasteiger partial charge in [0.1, 0.15) is 5.82 Å². The number of carbonyl (C=O) groups is 2. The number of rotatable bonds is 3. The number of anilines is 2. The smallest absolute Gasteiger partial charge is 0.255 e. The molecule has 2 heterocycles. The van der Waals surface area contributed by atoms with Crippen LogP contribution in [0.2, 0.25) is 0 Å². The first kappa shape index (κ1) is 17.0. The van der Waals surface area contributed by atoms with Gasteiger partial charge in [-0.3, -0.25) is 9.59 Å². The van der Waals surface area contributed by atoms with Gasteiger partial charge in [0.15, 0.2) is 0 Å². The predicted octanol–water partition coefficient (Wildman–Crippen LogP) is 2.31. The summed E-state index contributed by atoms with van der Waals surface area (Å²) in [6.45, 7) is 6.54. The lowest BCUT2D eigenvalue weighted by atomic mass is 10.1. The lowest BCUT2D eigenvalue weighted by molar-refractivity contribution is -0.129. The van der Waals surface area contributed by atoms with Crippen molar-refractivity contribution in [3.63, 3.8) is 0 Å². The highest BCUT2D eigenvalue weighted by atomic mass is 16.2. The van der Waals surface area contributed by atoms with E-state index >= 15 is 0 Å². The Labute approximate surface area is 147 Å². The Kier molecular flexibility index (Phi) is 4.97. The molecule has 0 aliphatic carbocycles. The minimum atomic E-state index is -0.148. The molecule has 0 atom stereocenters. The van der Waals surface area contributed by atoms with Crippen molar-refractivity contribution in [2.75, 3.05) is 36.4 Å². The van der Waals surface area contributed by atoms with Crippen LogP contribution in [0, 0.1) is 6.92 Å². The zero-order valence-electron chi connectivity index (χ0n) is 14.5. The molecular formula is C19H22N4O2. The number of piperazine rings is 1. The highest BCUT2D eigenvalue weighted by molar-refractivity contribution is 6.04. The van der Waals surface area contributed by atoms with Crippen LogP contribution in [0.1, 0.15) is 22.8 Å². The fourth-order valence-electron chi connectivity index (χ4n) is 2.81. The van der Waals surface area contributed by atoms with Gasteiger partial charge in [0.05, 0.1) is 11.9 Å². The second-order valence-corrected chi connectivity index (χ2v) is 6.22. The minimum Gasteiger partial charge on any atom is -0.353 e. The van der Waals surface area contributed by atoms with E-state index < -0.39 is 0 Å². The number of pyridine rings is 1. The Balaban J connectivity index is 1.60. The second kappa shape index (κ2) is 7.34. The lowest BCUT2D eigenvalue weighted by Gasteiger charge is -2.34. The first-order chi connectivity index (χ1) is 12.0. The molecule has 25 heavy (non-hydrogen) atoms. The maximum absolute atomic E-state index is 12.2. The van der Waals surface area contributed by atoms with Gasteiger partial charge in [-0.05, 0) is 31.2 Å². The molecular weight excluding hydrogens is 316 g/mol. The van der Waals surface area contributed by atoms with Gasteiger partial charge < -0.3 is 15.1 Å². The Morgan fingerprint density at radius 2 is 1.68 bits per heavy atom. The molecule has 0 radical (unpaired) electrons. The summed E-state index contributed by atoms with van der Waals surface area (Å²) in [4.78, 5) is 32.0. The summed E-state index contributed by atoms with van der Waals surface area (Å²) in [5.74, 6) is 0.822. The topological polar surface area (TPSA) is 65.5 Å². The summed E-state index contributed by atoms with van der Waals surface area (Å²) in [5, 5.41) is 2.86. The molecule has 0 saturated carbocycles. The number of aryl methyl sites for hydroxylation is 1. The SMILES string of the molecule is CC(=O)N1CCN(c2ccc(NC(=O)c3ccc(C)cc3)cn2)CC1. The molecule has 0 spiro atoms. The lowest BCUT2D eigenvalue weighted by Crippen LogP contribution is -2.48. The third kappa shape index (κ3) is 4.15. The zero-order chi connectivity index (χ0) is 17.8. The van der Waals surface area contributed by atoms with Crippen molar-refractivity contribution in [3.05, 3.63) is 53.7 Å². The van der Waals surface area contributed by atoms with Crippen molar-refractivity contribution in [1.82, 2.24) is 9.88 Å². The average Bonchev–Trinajstić information content (AvgIpc) is 2.63. The van der Waals surface area contributed by atoms with Crippen LogP contribution in [0.5, 0.6) is 0 Å². The molecule has 6 nitrogen and oxygen atoms in total. The number of carbonyl (C=O) groups excluding carboxylic acids is 2. The Bertz CT molecular complexity index is 748. The molecule has 3 rings (SSSR count). The standard InChI is InChI=1S/C19H22N4O2/c1-14-3-5-16(6-4-14)19(25)21-17-7-8-18(20-13-17)23-11-9-22(10-12-23)15(2)24/h3-8,13H,9-12H2,1-2H3,(H,21,25). The van der Waals surface area contributed by atoms with E-state index in [1.165, 1.54) is 0 Å². The third-order valence-corrected chi connectivity index (χ3v) is 4.37. The van der Waals surface area contributed by atoms with E-state index in [1.54, 1.807) is 25.3 Å². The van der Waals surface area contributed by atoms with Crippen molar-refractivity contribution in [3.8, 4) is 0 Å². The van der Waals surface area contributed by atoms with E-state index in [0.29, 0.717) is 24.3 Å².